The third kappa shape index (κ3) is 2.71. The second-order valence-electron chi connectivity index (χ2n) is 4.31. The zero-order chi connectivity index (χ0) is 13.1. The molecule has 1 amide bonds. The number of benzene rings is 1. The summed E-state index contributed by atoms with van der Waals surface area (Å²) in [5.41, 5.74) is 8.08. The van der Waals surface area contributed by atoms with Gasteiger partial charge in [0.2, 0.25) is 0 Å². The first-order chi connectivity index (χ1) is 8.58. The van der Waals surface area contributed by atoms with Crippen molar-refractivity contribution in [1.82, 2.24) is 4.90 Å². The average Bonchev–Trinajstić information content (AvgIpc) is 2.84. The second-order valence-corrected chi connectivity index (χ2v) is 5.34. The maximum Gasteiger partial charge on any atom is 0.253 e. The normalized spacial score (nSPS) is 10.3. The SMILES string of the molecule is Cc1cc(C(=O)N(C)Cc2cccs2)ccc1N. The number of rotatable bonds is 3. The van der Waals surface area contributed by atoms with Gasteiger partial charge in [-0.25, -0.2) is 0 Å². The largest absolute Gasteiger partial charge is 0.399 e. The Morgan fingerprint density at radius 3 is 2.78 bits per heavy atom. The number of hydrogen-bond donors (Lipinski definition) is 1. The summed E-state index contributed by atoms with van der Waals surface area (Å²) in [7, 11) is 1.81. The van der Waals surface area contributed by atoms with Crippen LogP contribution >= 0.6 is 11.3 Å². The van der Waals surface area contributed by atoms with Crippen molar-refractivity contribution in [3.05, 3.63) is 51.7 Å². The van der Waals surface area contributed by atoms with Crippen LogP contribution < -0.4 is 5.73 Å². The van der Waals surface area contributed by atoms with Crippen LogP contribution in [0.2, 0.25) is 0 Å². The highest BCUT2D eigenvalue weighted by Gasteiger charge is 2.13. The molecule has 0 saturated heterocycles. The minimum atomic E-state index is 0.0199. The van der Waals surface area contributed by atoms with E-state index >= 15 is 0 Å². The van der Waals surface area contributed by atoms with Gasteiger partial charge in [0.05, 0.1) is 6.54 Å². The quantitative estimate of drug-likeness (QED) is 0.862. The molecule has 3 nitrogen and oxygen atoms in total. The van der Waals surface area contributed by atoms with Gasteiger partial charge in [-0.15, -0.1) is 11.3 Å². The van der Waals surface area contributed by atoms with Gasteiger partial charge in [0.1, 0.15) is 0 Å². The fourth-order valence-electron chi connectivity index (χ4n) is 1.74. The number of carbonyl (C=O) groups excluding carboxylic acids is 1. The van der Waals surface area contributed by atoms with E-state index in [4.69, 9.17) is 5.73 Å². The molecular formula is C14H16N2OS. The first-order valence-corrected chi connectivity index (χ1v) is 6.60. The number of carbonyl (C=O) groups is 1. The van der Waals surface area contributed by atoms with Crippen molar-refractivity contribution in [2.24, 2.45) is 0 Å². The van der Waals surface area contributed by atoms with Crippen LogP contribution in [0.1, 0.15) is 20.8 Å². The summed E-state index contributed by atoms with van der Waals surface area (Å²) in [6.07, 6.45) is 0. The van der Waals surface area contributed by atoms with E-state index in [0.717, 1.165) is 5.56 Å². The summed E-state index contributed by atoms with van der Waals surface area (Å²) in [5, 5.41) is 2.01. The fourth-order valence-corrected chi connectivity index (χ4v) is 2.49. The molecule has 0 fully saturated rings. The maximum absolute atomic E-state index is 12.2. The highest BCUT2D eigenvalue weighted by Crippen LogP contribution is 2.16. The Hall–Kier alpha value is -1.81. The molecule has 1 aromatic carbocycles. The van der Waals surface area contributed by atoms with E-state index in [0.29, 0.717) is 17.8 Å². The summed E-state index contributed by atoms with van der Waals surface area (Å²) >= 11 is 1.66. The van der Waals surface area contributed by atoms with E-state index in [1.54, 1.807) is 28.4 Å². The Morgan fingerprint density at radius 1 is 1.39 bits per heavy atom. The lowest BCUT2D eigenvalue weighted by Crippen LogP contribution is -2.25. The molecule has 0 bridgehead atoms. The second kappa shape index (κ2) is 5.23. The Kier molecular flexibility index (Phi) is 3.67. The minimum Gasteiger partial charge on any atom is -0.399 e. The third-order valence-corrected chi connectivity index (χ3v) is 3.70. The number of nitrogens with zero attached hydrogens (tertiary/aromatic N) is 1. The lowest BCUT2D eigenvalue weighted by molar-refractivity contribution is 0.0786. The van der Waals surface area contributed by atoms with Crippen molar-refractivity contribution in [2.75, 3.05) is 12.8 Å². The number of thiophene rings is 1. The number of amides is 1. The molecular weight excluding hydrogens is 244 g/mol. The first kappa shape index (κ1) is 12.6. The monoisotopic (exact) mass is 260 g/mol. The number of hydrogen-bond acceptors (Lipinski definition) is 3. The lowest BCUT2D eigenvalue weighted by atomic mass is 10.1. The number of nitrogen functional groups attached to an aromatic ring is 1. The van der Waals surface area contributed by atoms with Gasteiger partial charge in [0.25, 0.3) is 5.91 Å². The number of anilines is 1. The summed E-state index contributed by atoms with van der Waals surface area (Å²) in [6.45, 7) is 2.55. The topological polar surface area (TPSA) is 46.3 Å². The Morgan fingerprint density at radius 2 is 2.17 bits per heavy atom. The molecule has 2 rings (SSSR count). The molecule has 94 valence electrons. The van der Waals surface area contributed by atoms with Crippen LogP contribution in [-0.2, 0) is 6.54 Å². The van der Waals surface area contributed by atoms with Crippen LogP contribution in [0.5, 0.6) is 0 Å². The highest BCUT2D eigenvalue weighted by atomic mass is 32.1. The van der Waals surface area contributed by atoms with Crippen molar-refractivity contribution in [1.29, 1.82) is 0 Å². The van der Waals surface area contributed by atoms with Crippen LogP contribution in [0.25, 0.3) is 0 Å². The van der Waals surface area contributed by atoms with Crippen molar-refractivity contribution < 1.29 is 4.79 Å². The Balaban J connectivity index is 2.12. The van der Waals surface area contributed by atoms with Gasteiger partial charge in [-0.05, 0) is 42.1 Å². The minimum absolute atomic E-state index is 0.0199. The predicted molar refractivity (Wildman–Crippen MR) is 75.7 cm³/mol. The summed E-state index contributed by atoms with van der Waals surface area (Å²) < 4.78 is 0. The van der Waals surface area contributed by atoms with E-state index < -0.39 is 0 Å². The van der Waals surface area contributed by atoms with Gasteiger partial charge in [-0.3, -0.25) is 4.79 Å². The Labute approximate surface area is 111 Å². The van der Waals surface area contributed by atoms with Crippen LogP contribution in [0.4, 0.5) is 5.69 Å². The summed E-state index contributed by atoms with van der Waals surface area (Å²) in [4.78, 5) is 15.1. The van der Waals surface area contributed by atoms with E-state index in [2.05, 4.69) is 0 Å². The van der Waals surface area contributed by atoms with Crippen molar-refractivity contribution >= 4 is 22.9 Å². The summed E-state index contributed by atoms with van der Waals surface area (Å²) in [5.74, 6) is 0.0199. The molecule has 0 unspecified atom stereocenters. The van der Waals surface area contributed by atoms with E-state index in [-0.39, 0.29) is 5.91 Å². The predicted octanol–water partition coefficient (Wildman–Crippen LogP) is 2.91. The molecule has 0 radical (unpaired) electrons. The molecule has 1 heterocycles. The molecule has 2 aromatic rings. The molecule has 1 aromatic heterocycles. The molecule has 2 N–H and O–H groups in total. The van der Waals surface area contributed by atoms with Crippen LogP contribution in [0.15, 0.2) is 35.7 Å². The zero-order valence-corrected chi connectivity index (χ0v) is 11.3. The van der Waals surface area contributed by atoms with Crippen LogP contribution in [0, 0.1) is 6.92 Å². The van der Waals surface area contributed by atoms with Crippen molar-refractivity contribution in [2.45, 2.75) is 13.5 Å². The molecule has 4 heteroatoms. The van der Waals surface area contributed by atoms with Gasteiger partial charge < -0.3 is 10.6 Å². The van der Waals surface area contributed by atoms with Crippen molar-refractivity contribution in [3.63, 3.8) is 0 Å². The first-order valence-electron chi connectivity index (χ1n) is 5.72. The highest BCUT2D eigenvalue weighted by molar-refractivity contribution is 7.09. The third-order valence-electron chi connectivity index (χ3n) is 2.84. The van der Waals surface area contributed by atoms with E-state index in [1.165, 1.54) is 4.88 Å². The molecule has 0 spiro atoms. The average molecular weight is 260 g/mol. The van der Waals surface area contributed by atoms with Gasteiger partial charge in [0, 0.05) is 23.2 Å². The fraction of sp³-hybridized carbons (Fsp3) is 0.214. The molecule has 18 heavy (non-hydrogen) atoms. The van der Waals surface area contributed by atoms with Crippen LogP contribution in [-0.4, -0.2) is 17.9 Å². The summed E-state index contributed by atoms with van der Waals surface area (Å²) in [6, 6.07) is 9.41. The molecule has 0 aliphatic carbocycles. The van der Waals surface area contributed by atoms with E-state index in [9.17, 15) is 4.79 Å². The van der Waals surface area contributed by atoms with Gasteiger partial charge >= 0.3 is 0 Å². The van der Waals surface area contributed by atoms with Crippen molar-refractivity contribution in [3.8, 4) is 0 Å². The molecule has 0 aliphatic heterocycles. The van der Waals surface area contributed by atoms with E-state index in [1.807, 2.05) is 37.6 Å². The molecule has 0 atom stereocenters. The smallest absolute Gasteiger partial charge is 0.253 e. The van der Waals surface area contributed by atoms with Gasteiger partial charge in [-0.1, -0.05) is 6.07 Å². The zero-order valence-electron chi connectivity index (χ0n) is 10.5. The van der Waals surface area contributed by atoms with Gasteiger partial charge in [0.15, 0.2) is 0 Å². The standard InChI is InChI=1S/C14H16N2OS/c1-10-8-11(5-6-13(10)15)14(17)16(2)9-12-4-3-7-18-12/h3-8H,9,15H2,1-2H3. The molecule has 0 aliphatic rings. The van der Waals surface area contributed by atoms with Crippen LogP contribution in [0.3, 0.4) is 0 Å². The number of nitrogens with two attached hydrogens (primary N) is 1. The number of aryl methyl sites for hydroxylation is 1. The van der Waals surface area contributed by atoms with Gasteiger partial charge in [-0.2, -0.15) is 0 Å². The lowest BCUT2D eigenvalue weighted by Gasteiger charge is -2.16. The maximum atomic E-state index is 12.2. The Bertz CT molecular complexity index is 549. The molecule has 0 saturated carbocycles.